The summed E-state index contributed by atoms with van der Waals surface area (Å²) in [7, 11) is 0. The molecule has 0 spiro atoms. The average molecular weight is 358 g/mol. The van der Waals surface area contributed by atoms with Gasteiger partial charge in [-0.15, -0.1) is 0 Å². The molecule has 8 heteroatoms. The average Bonchev–Trinajstić information content (AvgIpc) is 3.05. The molecule has 1 amide bonds. The summed E-state index contributed by atoms with van der Waals surface area (Å²) in [4.78, 5) is 11.7. The Kier molecular flexibility index (Phi) is 6.88. The zero-order chi connectivity index (χ0) is 16.7. The second kappa shape index (κ2) is 8.90. The van der Waals surface area contributed by atoms with Crippen molar-refractivity contribution in [2.75, 3.05) is 19.8 Å². The van der Waals surface area contributed by atoms with E-state index in [1.807, 2.05) is 6.92 Å². The molecule has 0 bridgehead atoms. The maximum Gasteiger partial charge on any atom is 0.276 e. The van der Waals surface area contributed by atoms with Crippen LogP contribution in [-0.2, 0) is 9.53 Å². The molecule has 1 unspecified atom stereocenters. The Balaban J connectivity index is 1.62. The first-order valence-corrected chi connectivity index (χ1v) is 8.16. The van der Waals surface area contributed by atoms with Gasteiger partial charge in [0.15, 0.2) is 11.7 Å². The lowest BCUT2D eigenvalue weighted by molar-refractivity contribution is -0.123. The number of thiocarbonyl (C=S) groups is 1. The Bertz CT molecular complexity index is 565. The number of ether oxygens (including phenoxy) is 2. The van der Waals surface area contributed by atoms with Crippen LogP contribution in [0.4, 0.5) is 0 Å². The monoisotopic (exact) mass is 357 g/mol. The van der Waals surface area contributed by atoms with Crippen LogP contribution in [0.25, 0.3) is 0 Å². The van der Waals surface area contributed by atoms with Crippen LogP contribution < -0.4 is 20.9 Å². The number of halogens is 1. The molecule has 0 radical (unpaired) electrons. The number of rotatable bonds is 5. The van der Waals surface area contributed by atoms with Gasteiger partial charge in [0, 0.05) is 18.2 Å². The van der Waals surface area contributed by atoms with Gasteiger partial charge >= 0.3 is 0 Å². The molecule has 0 aromatic heterocycles. The molecule has 2 rings (SSSR count). The molecule has 3 N–H and O–H groups in total. The lowest BCUT2D eigenvalue weighted by Gasteiger charge is -2.14. The molecular formula is C15H20ClN3O3S. The summed E-state index contributed by atoms with van der Waals surface area (Å²) in [5.41, 5.74) is 5.99. The topological polar surface area (TPSA) is 71.6 Å². The normalized spacial score (nSPS) is 16.7. The van der Waals surface area contributed by atoms with Gasteiger partial charge in [0.2, 0.25) is 0 Å². The Labute approximate surface area is 145 Å². The van der Waals surface area contributed by atoms with E-state index in [0.29, 0.717) is 22.4 Å². The Morgan fingerprint density at radius 2 is 2.30 bits per heavy atom. The highest BCUT2D eigenvalue weighted by Gasteiger charge is 2.15. The van der Waals surface area contributed by atoms with Crippen molar-refractivity contribution in [3.63, 3.8) is 0 Å². The largest absolute Gasteiger partial charge is 0.484 e. The van der Waals surface area contributed by atoms with Crippen molar-refractivity contribution >= 4 is 34.8 Å². The minimum Gasteiger partial charge on any atom is -0.484 e. The van der Waals surface area contributed by atoms with Crippen LogP contribution in [0.3, 0.4) is 0 Å². The van der Waals surface area contributed by atoms with Crippen molar-refractivity contribution in [1.29, 1.82) is 0 Å². The van der Waals surface area contributed by atoms with Crippen molar-refractivity contribution in [2.45, 2.75) is 25.9 Å². The van der Waals surface area contributed by atoms with Crippen molar-refractivity contribution in [2.24, 2.45) is 0 Å². The lowest BCUT2D eigenvalue weighted by Crippen LogP contribution is -2.49. The standard InChI is InChI=1S/C15H20ClN3O3S/c1-10-7-11(4-5-13(10)16)22-9-14(20)18-19-15(23)17-8-12-3-2-6-21-12/h4-5,7,12H,2-3,6,8-9H2,1H3,(H,18,20)(H2,17,19,23). The SMILES string of the molecule is Cc1cc(OCC(=O)NNC(=S)NCC2CCCO2)ccc1Cl. The molecule has 1 heterocycles. The third-order valence-corrected chi connectivity index (χ3v) is 4.00. The number of carbonyl (C=O) groups is 1. The van der Waals surface area contributed by atoms with Gasteiger partial charge in [-0.05, 0) is 55.7 Å². The summed E-state index contributed by atoms with van der Waals surface area (Å²) in [6.45, 7) is 3.17. The number of hydrogen-bond donors (Lipinski definition) is 3. The van der Waals surface area contributed by atoms with Crippen molar-refractivity contribution < 1.29 is 14.3 Å². The maximum atomic E-state index is 11.7. The number of nitrogens with one attached hydrogen (secondary N) is 3. The highest BCUT2D eigenvalue weighted by Crippen LogP contribution is 2.20. The summed E-state index contributed by atoms with van der Waals surface area (Å²) in [5, 5.41) is 3.99. The fraction of sp³-hybridized carbons (Fsp3) is 0.467. The van der Waals surface area contributed by atoms with Crippen LogP contribution >= 0.6 is 23.8 Å². The minimum atomic E-state index is -0.334. The molecular weight excluding hydrogens is 338 g/mol. The second-order valence-corrected chi connectivity index (χ2v) is 6.03. The first-order chi connectivity index (χ1) is 11.0. The second-order valence-electron chi connectivity index (χ2n) is 5.22. The number of amides is 1. The van der Waals surface area contributed by atoms with Crippen molar-refractivity contribution in [3.8, 4) is 5.75 Å². The number of hydrogen-bond acceptors (Lipinski definition) is 4. The van der Waals surface area contributed by atoms with Crippen LogP contribution in [0.2, 0.25) is 5.02 Å². The summed E-state index contributed by atoms with van der Waals surface area (Å²) < 4.78 is 10.9. The van der Waals surface area contributed by atoms with Crippen molar-refractivity contribution in [3.05, 3.63) is 28.8 Å². The van der Waals surface area contributed by atoms with E-state index >= 15 is 0 Å². The van der Waals surface area contributed by atoms with Crippen molar-refractivity contribution in [1.82, 2.24) is 16.2 Å². The third kappa shape index (κ3) is 6.21. The smallest absolute Gasteiger partial charge is 0.276 e. The summed E-state index contributed by atoms with van der Waals surface area (Å²) in [5.74, 6) is 0.250. The molecule has 126 valence electrons. The fourth-order valence-corrected chi connectivity index (χ4v) is 2.33. The Morgan fingerprint density at radius 1 is 1.48 bits per heavy atom. The van der Waals surface area contributed by atoms with E-state index < -0.39 is 0 Å². The van der Waals surface area contributed by atoms with E-state index in [4.69, 9.17) is 33.3 Å². The zero-order valence-corrected chi connectivity index (χ0v) is 14.4. The van der Waals surface area contributed by atoms with Gasteiger partial charge in [-0.3, -0.25) is 15.6 Å². The first kappa shape index (κ1) is 17.8. The van der Waals surface area contributed by atoms with Gasteiger partial charge in [-0.1, -0.05) is 11.6 Å². The highest BCUT2D eigenvalue weighted by molar-refractivity contribution is 7.80. The number of aryl methyl sites for hydroxylation is 1. The molecule has 23 heavy (non-hydrogen) atoms. The molecule has 1 aromatic carbocycles. The van der Waals surface area contributed by atoms with Crippen LogP contribution in [0.15, 0.2) is 18.2 Å². The van der Waals surface area contributed by atoms with E-state index in [9.17, 15) is 4.79 Å². The third-order valence-electron chi connectivity index (χ3n) is 3.33. The number of benzene rings is 1. The first-order valence-electron chi connectivity index (χ1n) is 7.38. The minimum absolute atomic E-state index is 0.123. The van der Waals surface area contributed by atoms with Gasteiger partial charge in [0.1, 0.15) is 5.75 Å². The quantitative estimate of drug-likeness (QED) is 0.550. The molecule has 1 atom stereocenters. The molecule has 6 nitrogen and oxygen atoms in total. The Hall–Kier alpha value is -1.57. The summed E-state index contributed by atoms with van der Waals surface area (Å²) in [6.07, 6.45) is 2.28. The molecule has 1 aliphatic rings. The predicted molar refractivity (Wildman–Crippen MR) is 92.5 cm³/mol. The lowest BCUT2D eigenvalue weighted by atomic mass is 10.2. The predicted octanol–water partition coefficient (Wildman–Crippen LogP) is 1.70. The van der Waals surface area contributed by atoms with E-state index in [-0.39, 0.29) is 18.6 Å². The fourth-order valence-electron chi connectivity index (χ4n) is 2.07. The van der Waals surface area contributed by atoms with Gasteiger partial charge in [0.25, 0.3) is 5.91 Å². The van der Waals surface area contributed by atoms with Crippen LogP contribution in [-0.4, -0.2) is 36.9 Å². The molecule has 1 saturated heterocycles. The Morgan fingerprint density at radius 3 is 3.00 bits per heavy atom. The molecule has 0 saturated carbocycles. The molecule has 1 fully saturated rings. The van der Waals surface area contributed by atoms with E-state index in [1.165, 1.54) is 0 Å². The van der Waals surface area contributed by atoms with Gasteiger partial charge in [-0.25, -0.2) is 0 Å². The van der Waals surface area contributed by atoms with Crippen LogP contribution in [0.5, 0.6) is 5.75 Å². The van der Waals surface area contributed by atoms with Crippen LogP contribution in [0, 0.1) is 6.92 Å². The summed E-state index contributed by atoms with van der Waals surface area (Å²) >= 11 is 11.0. The number of hydrazine groups is 1. The summed E-state index contributed by atoms with van der Waals surface area (Å²) in [6, 6.07) is 5.22. The molecule has 1 aliphatic heterocycles. The van der Waals surface area contributed by atoms with Gasteiger partial charge in [-0.2, -0.15) is 0 Å². The van der Waals surface area contributed by atoms with Gasteiger partial charge in [0.05, 0.1) is 6.10 Å². The zero-order valence-electron chi connectivity index (χ0n) is 12.9. The van der Waals surface area contributed by atoms with Gasteiger partial charge < -0.3 is 14.8 Å². The number of carbonyl (C=O) groups excluding carboxylic acids is 1. The van der Waals surface area contributed by atoms with E-state index in [2.05, 4.69) is 16.2 Å². The van der Waals surface area contributed by atoms with E-state index in [0.717, 1.165) is 25.0 Å². The van der Waals surface area contributed by atoms with E-state index in [1.54, 1.807) is 18.2 Å². The maximum absolute atomic E-state index is 11.7. The molecule has 1 aromatic rings. The van der Waals surface area contributed by atoms with Crippen LogP contribution in [0.1, 0.15) is 18.4 Å². The molecule has 0 aliphatic carbocycles. The highest BCUT2D eigenvalue weighted by atomic mass is 35.5.